The highest BCUT2D eigenvalue weighted by Crippen LogP contribution is 2.32. The molecule has 6 nitrogen and oxygen atoms in total. The van der Waals surface area contributed by atoms with Crippen molar-refractivity contribution in [3.63, 3.8) is 0 Å². The molecule has 1 aliphatic heterocycles. The molecule has 0 amide bonds. The number of hydrogen-bond donors (Lipinski definition) is 2. The van der Waals surface area contributed by atoms with Gasteiger partial charge in [0.1, 0.15) is 0 Å². The SMILES string of the molecule is CN(C)C(CN=C(N)Nc1ccc2c(c1)OCCCO2)c1ccccc1Cl. The predicted octanol–water partition coefficient (Wildman–Crippen LogP) is 3.53. The van der Waals surface area contributed by atoms with Crippen molar-refractivity contribution >= 4 is 23.2 Å². The molecule has 0 aromatic heterocycles. The number of likely N-dealkylation sites (N-methyl/N-ethyl adjacent to an activating group) is 1. The van der Waals surface area contributed by atoms with Crippen LogP contribution in [0.2, 0.25) is 5.02 Å². The van der Waals surface area contributed by atoms with E-state index >= 15 is 0 Å². The van der Waals surface area contributed by atoms with Crippen molar-refractivity contribution in [3.8, 4) is 11.5 Å². The number of rotatable bonds is 5. The molecule has 2 aromatic rings. The molecule has 0 saturated carbocycles. The van der Waals surface area contributed by atoms with Crippen LogP contribution in [-0.2, 0) is 0 Å². The average Bonchev–Trinajstić information content (AvgIpc) is 2.88. The first-order chi connectivity index (χ1) is 13.0. The molecule has 0 spiro atoms. The van der Waals surface area contributed by atoms with Gasteiger partial charge in [-0.15, -0.1) is 0 Å². The van der Waals surface area contributed by atoms with E-state index < -0.39 is 0 Å². The maximum Gasteiger partial charge on any atom is 0.193 e. The van der Waals surface area contributed by atoms with E-state index in [4.69, 9.17) is 26.8 Å². The fraction of sp³-hybridized carbons (Fsp3) is 0.350. The zero-order valence-corrected chi connectivity index (χ0v) is 16.4. The maximum absolute atomic E-state index is 6.34. The highest BCUT2D eigenvalue weighted by atomic mass is 35.5. The van der Waals surface area contributed by atoms with Gasteiger partial charge in [0.25, 0.3) is 0 Å². The summed E-state index contributed by atoms with van der Waals surface area (Å²) in [7, 11) is 3.99. The number of ether oxygens (including phenoxy) is 2. The van der Waals surface area contributed by atoms with Crippen molar-refractivity contribution < 1.29 is 9.47 Å². The molecular weight excluding hydrogens is 364 g/mol. The molecule has 3 N–H and O–H groups in total. The number of fused-ring (bicyclic) bond motifs is 1. The van der Waals surface area contributed by atoms with Crippen LogP contribution in [0.5, 0.6) is 11.5 Å². The van der Waals surface area contributed by atoms with Crippen LogP contribution < -0.4 is 20.5 Å². The first-order valence-electron chi connectivity index (χ1n) is 8.92. The third-order valence-corrected chi connectivity index (χ3v) is 4.69. The number of halogens is 1. The molecule has 0 bridgehead atoms. The van der Waals surface area contributed by atoms with E-state index in [1.807, 2.05) is 56.6 Å². The topological polar surface area (TPSA) is 72.1 Å². The second-order valence-corrected chi connectivity index (χ2v) is 6.97. The van der Waals surface area contributed by atoms with Gasteiger partial charge in [0, 0.05) is 23.2 Å². The van der Waals surface area contributed by atoms with Crippen LogP contribution in [0.3, 0.4) is 0 Å². The third kappa shape index (κ3) is 5.05. The molecule has 1 atom stereocenters. The number of benzene rings is 2. The standard InChI is InChI=1S/C20H25ClN4O2/c1-25(2)17(15-6-3-4-7-16(15)21)13-23-20(22)24-14-8-9-18-19(12-14)27-11-5-10-26-18/h3-4,6-9,12,17H,5,10-11,13H2,1-2H3,(H3,22,23,24). The van der Waals surface area contributed by atoms with Gasteiger partial charge in [-0.05, 0) is 37.9 Å². The molecule has 7 heteroatoms. The van der Waals surface area contributed by atoms with Crippen molar-refractivity contribution in [2.75, 3.05) is 39.2 Å². The smallest absolute Gasteiger partial charge is 0.193 e. The summed E-state index contributed by atoms with van der Waals surface area (Å²) in [6.45, 7) is 1.79. The molecule has 0 fully saturated rings. The molecule has 1 unspecified atom stereocenters. The molecule has 2 aromatic carbocycles. The van der Waals surface area contributed by atoms with Gasteiger partial charge >= 0.3 is 0 Å². The van der Waals surface area contributed by atoms with Crippen LogP contribution in [0.4, 0.5) is 5.69 Å². The zero-order valence-electron chi connectivity index (χ0n) is 15.6. The molecule has 3 rings (SSSR count). The zero-order chi connectivity index (χ0) is 19.2. The minimum absolute atomic E-state index is 0.0304. The summed E-state index contributed by atoms with van der Waals surface area (Å²) in [5.74, 6) is 1.80. The Morgan fingerprint density at radius 1 is 1.19 bits per heavy atom. The third-order valence-electron chi connectivity index (χ3n) is 4.34. The lowest BCUT2D eigenvalue weighted by Gasteiger charge is -2.24. The van der Waals surface area contributed by atoms with Crippen molar-refractivity contribution in [1.82, 2.24) is 4.90 Å². The van der Waals surface area contributed by atoms with E-state index in [0.717, 1.165) is 28.4 Å². The number of hydrogen-bond acceptors (Lipinski definition) is 4. The molecular formula is C20H25ClN4O2. The van der Waals surface area contributed by atoms with Crippen LogP contribution in [-0.4, -0.2) is 44.7 Å². The van der Waals surface area contributed by atoms with Gasteiger partial charge in [0.15, 0.2) is 17.5 Å². The van der Waals surface area contributed by atoms with Gasteiger partial charge in [-0.2, -0.15) is 0 Å². The molecule has 1 aliphatic rings. The number of nitrogens with one attached hydrogen (secondary N) is 1. The lowest BCUT2D eigenvalue weighted by molar-refractivity contribution is 0.297. The molecule has 1 heterocycles. The van der Waals surface area contributed by atoms with Crippen LogP contribution in [0.15, 0.2) is 47.5 Å². The van der Waals surface area contributed by atoms with Gasteiger partial charge in [-0.1, -0.05) is 29.8 Å². The number of nitrogens with zero attached hydrogens (tertiary/aromatic N) is 2. The van der Waals surface area contributed by atoms with Crippen molar-refractivity contribution in [2.45, 2.75) is 12.5 Å². The number of anilines is 1. The minimum Gasteiger partial charge on any atom is -0.490 e. The van der Waals surface area contributed by atoms with Gasteiger partial charge in [0.05, 0.1) is 25.8 Å². The van der Waals surface area contributed by atoms with Gasteiger partial charge in [-0.3, -0.25) is 4.99 Å². The monoisotopic (exact) mass is 388 g/mol. The van der Waals surface area contributed by atoms with E-state index in [9.17, 15) is 0 Å². The van der Waals surface area contributed by atoms with E-state index in [2.05, 4.69) is 15.2 Å². The van der Waals surface area contributed by atoms with Crippen molar-refractivity contribution in [1.29, 1.82) is 0 Å². The number of nitrogens with two attached hydrogens (primary N) is 1. The van der Waals surface area contributed by atoms with Crippen LogP contribution in [0, 0.1) is 0 Å². The Bertz CT molecular complexity index is 810. The molecule has 27 heavy (non-hydrogen) atoms. The Labute approximate surface area is 164 Å². The van der Waals surface area contributed by atoms with E-state index in [1.165, 1.54) is 0 Å². The van der Waals surface area contributed by atoms with Crippen molar-refractivity contribution in [2.24, 2.45) is 10.7 Å². The second-order valence-electron chi connectivity index (χ2n) is 6.56. The number of aliphatic imine (C=N–C) groups is 1. The summed E-state index contributed by atoms with van der Waals surface area (Å²) in [6, 6.07) is 13.5. The highest BCUT2D eigenvalue weighted by molar-refractivity contribution is 6.31. The first-order valence-corrected chi connectivity index (χ1v) is 9.30. The highest BCUT2D eigenvalue weighted by Gasteiger charge is 2.17. The summed E-state index contributed by atoms with van der Waals surface area (Å²) in [5.41, 5.74) is 7.92. The lowest BCUT2D eigenvalue weighted by Crippen LogP contribution is -2.27. The van der Waals surface area contributed by atoms with E-state index in [1.54, 1.807) is 0 Å². The van der Waals surface area contributed by atoms with Gasteiger partial charge < -0.3 is 25.4 Å². The predicted molar refractivity (Wildman–Crippen MR) is 110 cm³/mol. The quantitative estimate of drug-likeness (QED) is 0.605. The maximum atomic E-state index is 6.34. The van der Waals surface area contributed by atoms with Gasteiger partial charge in [0.2, 0.25) is 0 Å². The first kappa shape index (κ1) is 19.3. The Kier molecular flexibility index (Phi) is 6.42. The molecule has 0 radical (unpaired) electrons. The Morgan fingerprint density at radius 2 is 1.93 bits per heavy atom. The summed E-state index contributed by atoms with van der Waals surface area (Å²) in [4.78, 5) is 6.58. The average molecular weight is 389 g/mol. The Hall–Kier alpha value is -2.44. The van der Waals surface area contributed by atoms with E-state index in [-0.39, 0.29) is 6.04 Å². The van der Waals surface area contributed by atoms with Crippen LogP contribution in [0.1, 0.15) is 18.0 Å². The minimum atomic E-state index is 0.0304. The van der Waals surface area contributed by atoms with Crippen molar-refractivity contribution in [3.05, 3.63) is 53.1 Å². The normalized spacial score (nSPS) is 15.3. The molecule has 144 valence electrons. The fourth-order valence-corrected chi connectivity index (χ4v) is 3.16. The molecule has 0 saturated heterocycles. The van der Waals surface area contributed by atoms with Gasteiger partial charge in [-0.25, -0.2) is 0 Å². The van der Waals surface area contributed by atoms with Crippen LogP contribution in [0.25, 0.3) is 0 Å². The molecule has 0 aliphatic carbocycles. The van der Waals surface area contributed by atoms with E-state index in [0.29, 0.717) is 31.5 Å². The fourth-order valence-electron chi connectivity index (χ4n) is 2.90. The lowest BCUT2D eigenvalue weighted by atomic mass is 10.1. The summed E-state index contributed by atoms with van der Waals surface area (Å²) >= 11 is 6.34. The Morgan fingerprint density at radius 3 is 2.67 bits per heavy atom. The summed E-state index contributed by atoms with van der Waals surface area (Å²) < 4.78 is 11.3. The summed E-state index contributed by atoms with van der Waals surface area (Å²) in [6.07, 6.45) is 0.870. The largest absolute Gasteiger partial charge is 0.490 e. The number of guanidine groups is 1. The van der Waals surface area contributed by atoms with Crippen LogP contribution >= 0.6 is 11.6 Å². The second kappa shape index (κ2) is 8.97. The summed E-state index contributed by atoms with van der Waals surface area (Å²) in [5, 5.41) is 3.84. The Balaban J connectivity index is 1.70.